The Labute approximate surface area is 285 Å². The van der Waals surface area contributed by atoms with Gasteiger partial charge < -0.3 is 14.6 Å². The highest BCUT2D eigenvalue weighted by Gasteiger charge is 2.54. The molecule has 13 nitrogen and oxygen atoms in total. The van der Waals surface area contributed by atoms with Crippen molar-refractivity contribution in [3.05, 3.63) is 145 Å². The Bertz CT molecular complexity index is 1860. The summed E-state index contributed by atoms with van der Waals surface area (Å²) in [7, 11) is 0. The summed E-state index contributed by atoms with van der Waals surface area (Å²) in [5.41, 5.74) is 26.2. The summed E-state index contributed by atoms with van der Waals surface area (Å²) in [5, 5.41) is 16.8. The molecule has 244 valence electrons. The molecule has 3 N–H and O–H groups in total. The number of benzene rings is 4. The van der Waals surface area contributed by atoms with Crippen molar-refractivity contribution in [2.45, 2.75) is 30.9 Å². The lowest BCUT2D eigenvalue weighted by Gasteiger charge is -2.31. The van der Waals surface area contributed by atoms with Gasteiger partial charge in [-0.1, -0.05) is 86.8 Å². The zero-order valence-electron chi connectivity index (χ0n) is 25.7. The van der Waals surface area contributed by atoms with Crippen LogP contribution in [0, 0.1) is 0 Å². The fraction of sp³-hybridized carbons (Fsp3) is 0.235. The van der Waals surface area contributed by atoms with Crippen LogP contribution in [0.1, 0.15) is 34.8 Å². The van der Waals surface area contributed by atoms with E-state index in [0.29, 0.717) is 54.1 Å². The second-order valence-electron chi connectivity index (χ2n) is 10.8. The molecule has 4 aromatic rings. The molecule has 0 bridgehead atoms. The molecule has 0 spiro atoms. The molecule has 1 heterocycles. The van der Waals surface area contributed by atoms with Gasteiger partial charge in [0, 0.05) is 62.8 Å². The summed E-state index contributed by atoms with van der Waals surface area (Å²) in [5.74, 6) is 0.274. The molecule has 0 saturated carbocycles. The zero-order chi connectivity index (χ0) is 33.8. The van der Waals surface area contributed by atoms with Gasteiger partial charge in [-0.25, -0.2) is 10.4 Å². The number of aliphatic hydroxyl groups is 1. The molecule has 4 aromatic carbocycles. The maximum absolute atomic E-state index is 14.5. The molecule has 14 heteroatoms. The Balaban J connectivity index is 1.56. The molecule has 1 amide bonds. The summed E-state index contributed by atoms with van der Waals surface area (Å²) in [6, 6.07) is 28.7. The summed E-state index contributed by atoms with van der Waals surface area (Å²) in [4.78, 5) is 25.5. The number of aliphatic imine (C=N–C) groups is 1. The molecule has 0 fully saturated rings. The topological polar surface area (TPSA) is 190 Å². The van der Waals surface area contributed by atoms with Crippen molar-refractivity contribution in [1.29, 1.82) is 0 Å². The Kier molecular flexibility index (Phi) is 11.7. The van der Waals surface area contributed by atoms with Crippen LogP contribution < -0.4 is 15.6 Å². The minimum absolute atomic E-state index is 0.0213. The van der Waals surface area contributed by atoms with Crippen LogP contribution in [0.4, 0.5) is 11.4 Å². The average molecular weight is 711 g/mol. The Hall–Kier alpha value is -5.36. The van der Waals surface area contributed by atoms with E-state index in [0.717, 1.165) is 10.0 Å². The smallest absolute Gasteiger partial charge is 0.266 e. The third-order valence-electron chi connectivity index (χ3n) is 7.66. The molecule has 0 unspecified atom stereocenters. The first-order chi connectivity index (χ1) is 23.5. The number of azide groups is 2. The SMILES string of the molecule is [N-]=[N+]=Nc1ccccc1C[C@]1(C(=O)NNCCc2ccc(Br)cc2)N=C(c2ccc(OCCCO)cc2)O[C@H]1c1ccccc1N=[N+]=[N-]. The van der Waals surface area contributed by atoms with Crippen molar-refractivity contribution in [1.82, 2.24) is 10.9 Å². The van der Waals surface area contributed by atoms with Gasteiger partial charge in [0.15, 0.2) is 11.6 Å². The van der Waals surface area contributed by atoms with E-state index in [2.05, 4.69) is 46.8 Å². The van der Waals surface area contributed by atoms with Crippen LogP contribution in [-0.4, -0.2) is 42.2 Å². The van der Waals surface area contributed by atoms with E-state index in [1.807, 2.05) is 24.3 Å². The van der Waals surface area contributed by atoms with Crippen LogP contribution in [0.3, 0.4) is 0 Å². The van der Waals surface area contributed by atoms with E-state index >= 15 is 0 Å². The number of nitrogens with zero attached hydrogens (tertiary/aromatic N) is 7. The van der Waals surface area contributed by atoms with Crippen molar-refractivity contribution in [3.8, 4) is 5.75 Å². The molecule has 0 aliphatic carbocycles. The lowest BCUT2D eigenvalue weighted by molar-refractivity contribution is -0.130. The first-order valence-corrected chi connectivity index (χ1v) is 15.9. The van der Waals surface area contributed by atoms with Crippen LogP contribution in [0.5, 0.6) is 5.75 Å². The van der Waals surface area contributed by atoms with Crippen LogP contribution in [0.15, 0.2) is 117 Å². The van der Waals surface area contributed by atoms with Crippen molar-refractivity contribution in [3.63, 3.8) is 0 Å². The zero-order valence-corrected chi connectivity index (χ0v) is 27.3. The average Bonchev–Trinajstić information content (AvgIpc) is 3.49. The molecule has 0 radical (unpaired) electrons. The summed E-state index contributed by atoms with van der Waals surface area (Å²) in [6.45, 7) is 0.801. The number of hydrogen-bond acceptors (Lipinski definition) is 8. The molecule has 1 aliphatic rings. The third kappa shape index (κ3) is 8.13. The minimum atomic E-state index is -1.65. The summed E-state index contributed by atoms with van der Waals surface area (Å²) >= 11 is 3.44. The number of aliphatic hydroxyl groups excluding tert-OH is 1. The van der Waals surface area contributed by atoms with Gasteiger partial charge in [0.05, 0.1) is 6.61 Å². The van der Waals surface area contributed by atoms with E-state index in [-0.39, 0.29) is 24.6 Å². The van der Waals surface area contributed by atoms with E-state index in [4.69, 9.17) is 19.6 Å². The number of rotatable bonds is 15. The molecule has 0 aromatic heterocycles. The molecular weight excluding hydrogens is 678 g/mol. The highest BCUT2D eigenvalue weighted by molar-refractivity contribution is 9.10. The molecule has 0 saturated heterocycles. The maximum atomic E-state index is 14.5. The van der Waals surface area contributed by atoms with Crippen LogP contribution in [-0.2, 0) is 22.4 Å². The second-order valence-corrected chi connectivity index (χ2v) is 11.7. The fourth-order valence-corrected chi connectivity index (χ4v) is 5.58. The number of ether oxygens (including phenoxy) is 2. The van der Waals surface area contributed by atoms with E-state index in [1.54, 1.807) is 72.8 Å². The molecule has 5 rings (SSSR count). The van der Waals surface area contributed by atoms with Gasteiger partial charge in [0.1, 0.15) is 5.75 Å². The quantitative estimate of drug-likeness (QED) is 0.0379. The van der Waals surface area contributed by atoms with Gasteiger partial charge in [0.25, 0.3) is 5.91 Å². The predicted octanol–water partition coefficient (Wildman–Crippen LogP) is 7.46. The lowest BCUT2D eigenvalue weighted by Crippen LogP contribution is -2.54. The number of hydrazine groups is 1. The summed E-state index contributed by atoms with van der Waals surface area (Å²) < 4.78 is 13.2. The number of hydrogen-bond donors (Lipinski definition) is 3. The number of halogens is 1. The van der Waals surface area contributed by atoms with Gasteiger partial charge in [-0.3, -0.25) is 10.2 Å². The van der Waals surface area contributed by atoms with Gasteiger partial charge in [-0.05, 0) is 65.0 Å². The Morgan fingerprint density at radius 2 is 1.65 bits per heavy atom. The Morgan fingerprint density at radius 1 is 0.958 bits per heavy atom. The minimum Gasteiger partial charge on any atom is -0.494 e. The molecule has 48 heavy (non-hydrogen) atoms. The van der Waals surface area contributed by atoms with Crippen LogP contribution in [0.2, 0.25) is 0 Å². The lowest BCUT2D eigenvalue weighted by atomic mass is 9.81. The molecular formula is C34H32BrN9O4. The van der Waals surface area contributed by atoms with Crippen molar-refractivity contribution < 1.29 is 19.4 Å². The third-order valence-corrected chi connectivity index (χ3v) is 8.19. The predicted molar refractivity (Wildman–Crippen MR) is 185 cm³/mol. The van der Waals surface area contributed by atoms with Crippen molar-refractivity contribution in [2.75, 3.05) is 19.8 Å². The normalized spacial score (nSPS) is 16.5. The van der Waals surface area contributed by atoms with E-state index in [9.17, 15) is 15.9 Å². The Morgan fingerprint density at radius 3 is 2.38 bits per heavy atom. The van der Waals surface area contributed by atoms with Crippen molar-refractivity contribution in [2.24, 2.45) is 15.2 Å². The number of amides is 1. The van der Waals surface area contributed by atoms with Crippen LogP contribution in [0.25, 0.3) is 20.9 Å². The fourth-order valence-electron chi connectivity index (χ4n) is 5.31. The van der Waals surface area contributed by atoms with Gasteiger partial charge in [0.2, 0.25) is 5.90 Å². The highest BCUT2D eigenvalue weighted by Crippen LogP contribution is 2.46. The first-order valence-electron chi connectivity index (χ1n) is 15.1. The van der Waals surface area contributed by atoms with E-state index in [1.165, 1.54) is 0 Å². The monoisotopic (exact) mass is 709 g/mol. The highest BCUT2D eigenvalue weighted by atomic mass is 79.9. The van der Waals surface area contributed by atoms with Gasteiger partial charge >= 0.3 is 0 Å². The standard InChI is InChI=1S/C34H32BrN9O4/c35-26-14-10-23(11-15-26)18-19-38-42-33(46)34(22-25-6-1-3-8-29(25)40-43-36)31(28-7-2-4-9-30(28)41-44-37)48-32(39-34)24-12-16-27(17-13-24)47-21-5-20-45/h1-4,6-17,31,38,45H,5,18-22H2,(H,42,46)/t31-,34-/m0/s1. The number of carbonyl (C=O) groups is 1. The number of nitrogens with one attached hydrogen (secondary N) is 2. The van der Waals surface area contributed by atoms with Gasteiger partial charge in [-0.2, -0.15) is 0 Å². The van der Waals surface area contributed by atoms with Gasteiger partial charge in [-0.15, -0.1) is 0 Å². The molecule has 2 atom stereocenters. The number of carbonyl (C=O) groups excluding carboxylic acids is 1. The maximum Gasteiger partial charge on any atom is 0.266 e. The largest absolute Gasteiger partial charge is 0.494 e. The van der Waals surface area contributed by atoms with E-state index < -0.39 is 17.6 Å². The second kappa shape index (κ2) is 16.5. The van der Waals surface area contributed by atoms with Crippen molar-refractivity contribution >= 4 is 39.1 Å². The first kappa shape index (κ1) is 34.0. The molecule has 1 aliphatic heterocycles. The van der Waals surface area contributed by atoms with Crippen LogP contribution >= 0.6 is 15.9 Å². The summed E-state index contributed by atoms with van der Waals surface area (Å²) in [6.07, 6.45) is 0.0581.